The molecule has 0 aliphatic rings. The van der Waals surface area contributed by atoms with Gasteiger partial charge < -0.3 is 14.6 Å². The molecule has 0 fully saturated rings. The monoisotopic (exact) mass is 393 g/mol. The van der Waals surface area contributed by atoms with Gasteiger partial charge in [0.1, 0.15) is 17.2 Å². The molecule has 0 radical (unpaired) electrons. The van der Waals surface area contributed by atoms with Crippen molar-refractivity contribution in [3.05, 3.63) is 76.0 Å². The number of rotatable bonds is 7. The first kappa shape index (κ1) is 19.3. The van der Waals surface area contributed by atoms with E-state index in [4.69, 9.17) is 4.74 Å². The summed E-state index contributed by atoms with van der Waals surface area (Å²) in [6.07, 6.45) is 1.50. The lowest BCUT2D eigenvalue weighted by Gasteiger charge is -2.06. The van der Waals surface area contributed by atoms with Gasteiger partial charge >= 0.3 is 0 Å². The van der Waals surface area contributed by atoms with E-state index in [2.05, 4.69) is 10.5 Å². The Hall–Kier alpha value is -3.45. The number of hydrogen-bond donors (Lipinski definition) is 1. The second-order valence-electron chi connectivity index (χ2n) is 5.96. The summed E-state index contributed by atoms with van der Waals surface area (Å²) in [6.45, 7) is 1.51. The average molecular weight is 393 g/mol. The highest BCUT2D eigenvalue weighted by Gasteiger charge is 2.13. The summed E-state index contributed by atoms with van der Waals surface area (Å²) in [6, 6.07) is 16.5. The number of benzene rings is 2. The Bertz CT molecular complexity index is 992. The SMILES string of the molecule is Cc1ccc(-c2ccsc2C(=O)N/N=C\c2ccc(OCC(=O)[O-])cc2)cc1. The van der Waals surface area contributed by atoms with Crippen molar-refractivity contribution in [2.75, 3.05) is 6.61 Å². The first-order valence-electron chi connectivity index (χ1n) is 8.43. The molecule has 0 aliphatic carbocycles. The first-order valence-corrected chi connectivity index (χ1v) is 9.31. The minimum absolute atomic E-state index is 0.282. The lowest BCUT2D eigenvalue weighted by Crippen LogP contribution is -2.28. The predicted molar refractivity (Wildman–Crippen MR) is 106 cm³/mol. The molecule has 0 saturated carbocycles. The van der Waals surface area contributed by atoms with Crippen LogP contribution in [0.3, 0.4) is 0 Å². The number of thiophene rings is 1. The second kappa shape index (κ2) is 8.96. The maximum atomic E-state index is 12.5. The van der Waals surface area contributed by atoms with Crippen LogP contribution in [-0.2, 0) is 4.79 Å². The third kappa shape index (κ3) is 5.05. The van der Waals surface area contributed by atoms with Crippen molar-refractivity contribution >= 4 is 29.4 Å². The molecule has 0 aliphatic heterocycles. The van der Waals surface area contributed by atoms with Gasteiger partial charge in [-0.3, -0.25) is 4.79 Å². The van der Waals surface area contributed by atoms with Gasteiger partial charge in [0.2, 0.25) is 0 Å². The van der Waals surface area contributed by atoms with Crippen molar-refractivity contribution in [2.24, 2.45) is 5.10 Å². The van der Waals surface area contributed by atoms with E-state index in [1.54, 1.807) is 24.3 Å². The fraction of sp³-hybridized carbons (Fsp3) is 0.0952. The van der Waals surface area contributed by atoms with E-state index in [0.29, 0.717) is 10.6 Å². The van der Waals surface area contributed by atoms with Gasteiger partial charge in [-0.2, -0.15) is 5.10 Å². The number of carboxylic acid groups (broad SMARTS) is 1. The second-order valence-corrected chi connectivity index (χ2v) is 6.87. The van der Waals surface area contributed by atoms with Crippen LogP contribution in [0.5, 0.6) is 5.75 Å². The number of amides is 1. The molecule has 28 heavy (non-hydrogen) atoms. The van der Waals surface area contributed by atoms with Crippen LogP contribution in [0.1, 0.15) is 20.8 Å². The molecule has 1 N–H and O–H groups in total. The van der Waals surface area contributed by atoms with E-state index in [0.717, 1.165) is 22.3 Å². The number of aryl methyl sites for hydroxylation is 1. The van der Waals surface area contributed by atoms with Gasteiger partial charge in [0.05, 0.1) is 12.2 Å². The number of carboxylic acids is 1. The van der Waals surface area contributed by atoms with Gasteiger partial charge in [0.25, 0.3) is 5.91 Å². The maximum Gasteiger partial charge on any atom is 0.282 e. The largest absolute Gasteiger partial charge is 0.546 e. The van der Waals surface area contributed by atoms with E-state index in [1.165, 1.54) is 17.6 Å². The van der Waals surface area contributed by atoms with E-state index < -0.39 is 12.6 Å². The Morgan fingerprint density at radius 3 is 2.50 bits per heavy atom. The van der Waals surface area contributed by atoms with Crippen LogP contribution in [-0.4, -0.2) is 24.7 Å². The number of carbonyl (C=O) groups is 2. The zero-order valence-corrected chi connectivity index (χ0v) is 15.9. The number of nitrogens with one attached hydrogen (secondary N) is 1. The minimum atomic E-state index is -1.29. The van der Waals surface area contributed by atoms with E-state index in [1.807, 2.05) is 42.6 Å². The van der Waals surface area contributed by atoms with Gasteiger partial charge in [0.15, 0.2) is 0 Å². The maximum absolute atomic E-state index is 12.5. The van der Waals surface area contributed by atoms with Crippen LogP contribution in [0.4, 0.5) is 0 Å². The molecule has 1 amide bonds. The predicted octanol–water partition coefficient (Wildman–Crippen LogP) is 2.62. The summed E-state index contributed by atoms with van der Waals surface area (Å²) >= 11 is 1.36. The molecule has 6 nitrogen and oxygen atoms in total. The Labute approximate surface area is 166 Å². The Morgan fingerprint density at radius 2 is 1.82 bits per heavy atom. The molecule has 142 valence electrons. The first-order chi connectivity index (χ1) is 13.5. The molecule has 0 atom stereocenters. The summed E-state index contributed by atoms with van der Waals surface area (Å²) < 4.78 is 5.00. The minimum Gasteiger partial charge on any atom is -0.546 e. The fourth-order valence-electron chi connectivity index (χ4n) is 2.45. The molecule has 3 rings (SSSR count). The van der Waals surface area contributed by atoms with Gasteiger partial charge in [-0.25, -0.2) is 5.43 Å². The summed E-state index contributed by atoms with van der Waals surface area (Å²) in [4.78, 5) is 23.4. The molecule has 0 saturated heterocycles. The summed E-state index contributed by atoms with van der Waals surface area (Å²) in [5.74, 6) is -1.16. The molecule has 2 aromatic carbocycles. The standard InChI is InChI=1S/C21H18N2O4S/c1-14-2-6-16(7-3-14)18-10-11-28-20(18)21(26)23-22-12-15-4-8-17(9-5-15)27-13-19(24)25/h2-12H,13H2,1H3,(H,23,26)(H,24,25)/p-1/b22-12-. The highest BCUT2D eigenvalue weighted by atomic mass is 32.1. The van der Waals surface area contributed by atoms with Crippen molar-refractivity contribution in [1.82, 2.24) is 5.43 Å². The number of carbonyl (C=O) groups excluding carboxylic acids is 2. The zero-order valence-electron chi connectivity index (χ0n) is 15.0. The zero-order chi connectivity index (χ0) is 19.9. The van der Waals surface area contributed by atoms with E-state index >= 15 is 0 Å². The van der Waals surface area contributed by atoms with Crippen LogP contribution >= 0.6 is 11.3 Å². The molecule has 0 spiro atoms. The van der Waals surface area contributed by atoms with Crippen molar-refractivity contribution < 1.29 is 19.4 Å². The molecule has 1 heterocycles. The molecule has 7 heteroatoms. The lowest BCUT2D eigenvalue weighted by atomic mass is 10.1. The molecule has 0 bridgehead atoms. The average Bonchev–Trinajstić information content (AvgIpc) is 3.18. The molecule has 0 unspecified atom stereocenters. The lowest BCUT2D eigenvalue weighted by molar-refractivity contribution is -0.307. The van der Waals surface area contributed by atoms with Crippen molar-refractivity contribution in [2.45, 2.75) is 6.92 Å². The summed E-state index contributed by atoms with van der Waals surface area (Å²) in [5.41, 5.74) is 6.27. The van der Waals surface area contributed by atoms with Crippen molar-refractivity contribution in [1.29, 1.82) is 0 Å². The van der Waals surface area contributed by atoms with Crippen molar-refractivity contribution in [3.63, 3.8) is 0 Å². The van der Waals surface area contributed by atoms with Crippen LogP contribution in [0.15, 0.2) is 65.1 Å². The van der Waals surface area contributed by atoms with Crippen molar-refractivity contribution in [3.8, 4) is 16.9 Å². The topological polar surface area (TPSA) is 90.8 Å². The third-order valence-corrected chi connectivity index (χ3v) is 4.76. The smallest absolute Gasteiger partial charge is 0.282 e. The molecular weight excluding hydrogens is 376 g/mol. The Morgan fingerprint density at radius 1 is 1.11 bits per heavy atom. The van der Waals surface area contributed by atoms with Gasteiger partial charge in [-0.15, -0.1) is 11.3 Å². The number of ether oxygens (including phenoxy) is 1. The number of aliphatic carboxylic acids is 1. The highest BCUT2D eigenvalue weighted by Crippen LogP contribution is 2.28. The van der Waals surface area contributed by atoms with E-state index in [9.17, 15) is 14.7 Å². The number of nitrogens with zero attached hydrogens (tertiary/aromatic N) is 1. The third-order valence-electron chi connectivity index (χ3n) is 3.85. The molecular formula is C21H17N2O4S-. The van der Waals surface area contributed by atoms with E-state index in [-0.39, 0.29) is 5.91 Å². The Balaban J connectivity index is 1.62. The number of hydrogen-bond acceptors (Lipinski definition) is 6. The fourth-order valence-corrected chi connectivity index (χ4v) is 3.26. The van der Waals surface area contributed by atoms with Crippen LogP contribution in [0.2, 0.25) is 0 Å². The van der Waals surface area contributed by atoms with Gasteiger partial charge in [-0.1, -0.05) is 29.8 Å². The van der Waals surface area contributed by atoms with Crippen LogP contribution in [0, 0.1) is 6.92 Å². The van der Waals surface area contributed by atoms with Gasteiger partial charge in [-0.05, 0) is 53.8 Å². The number of hydrazone groups is 1. The molecule has 3 aromatic rings. The van der Waals surface area contributed by atoms with Crippen LogP contribution < -0.4 is 15.3 Å². The van der Waals surface area contributed by atoms with Crippen LogP contribution in [0.25, 0.3) is 11.1 Å². The summed E-state index contributed by atoms with van der Waals surface area (Å²) in [7, 11) is 0. The Kier molecular flexibility index (Phi) is 6.18. The quantitative estimate of drug-likeness (QED) is 0.493. The highest BCUT2D eigenvalue weighted by molar-refractivity contribution is 7.12. The normalized spacial score (nSPS) is 10.8. The van der Waals surface area contributed by atoms with Gasteiger partial charge in [0, 0.05) is 5.56 Å². The summed E-state index contributed by atoms with van der Waals surface area (Å²) in [5, 5.41) is 16.2. The molecule has 1 aromatic heterocycles.